The smallest absolute Gasteiger partial charge is 0.221 e. The Morgan fingerprint density at radius 2 is 0.848 bits per heavy atom. The summed E-state index contributed by atoms with van der Waals surface area (Å²) in [5.41, 5.74) is 5.67. The standard InChI is InChI=1S/C39H81N5O2/c1-3-5-7-9-11-13-15-17-19-21-25-31-42-38(45)28-33-41-34-37-44(35-27-23-24-30-40)36-29-39(46)43-32-26-22-20-18-16-14-12-10-8-6-4-2/h41H,3-37,40H2,1-2H3,(H,42,45)(H,43,46). The van der Waals surface area contributed by atoms with E-state index in [1.165, 1.54) is 128 Å². The summed E-state index contributed by atoms with van der Waals surface area (Å²) in [6.07, 6.45) is 33.5. The van der Waals surface area contributed by atoms with Gasteiger partial charge in [-0.05, 0) is 38.8 Å². The number of carbonyl (C=O) groups is 2. The Kier molecular flexibility index (Phi) is 37.3. The molecule has 0 aromatic carbocycles. The van der Waals surface area contributed by atoms with Gasteiger partial charge in [-0.3, -0.25) is 9.59 Å². The highest BCUT2D eigenvalue weighted by Crippen LogP contribution is 2.12. The zero-order chi connectivity index (χ0) is 33.6. The molecule has 0 saturated heterocycles. The highest BCUT2D eigenvalue weighted by atomic mass is 16.2. The van der Waals surface area contributed by atoms with E-state index in [4.69, 9.17) is 5.73 Å². The molecule has 0 saturated carbocycles. The quantitative estimate of drug-likeness (QED) is 0.0501. The van der Waals surface area contributed by atoms with E-state index in [0.717, 1.165) is 77.9 Å². The van der Waals surface area contributed by atoms with Crippen LogP contribution in [0.25, 0.3) is 0 Å². The van der Waals surface area contributed by atoms with Crippen LogP contribution in [-0.2, 0) is 9.59 Å². The van der Waals surface area contributed by atoms with E-state index in [2.05, 4.69) is 34.7 Å². The molecule has 274 valence electrons. The molecule has 0 atom stereocenters. The first-order valence-electron chi connectivity index (χ1n) is 20.3. The van der Waals surface area contributed by atoms with Crippen LogP contribution in [0.2, 0.25) is 0 Å². The average Bonchev–Trinajstić information content (AvgIpc) is 3.06. The van der Waals surface area contributed by atoms with Crippen molar-refractivity contribution in [2.24, 2.45) is 5.73 Å². The van der Waals surface area contributed by atoms with Crippen LogP contribution >= 0.6 is 0 Å². The maximum absolute atomic E-state index is 12.5. The number of rotatable bonds is 38. The Hall–Kier alpha value is -1.18. The second kappa shape index (κ2) is 38.3. The van der Waals surface area contributed by atoms with E-state index < -0.39 is 0 Å². The largest absolute Gasteiger partial charge is 0.356 e. The average molecular weight is 652 g/mol. The maximum atomic E-state index is 12.5. The van der Waals surface area contributed by atoms with Gasteiger partial charge in [-0.15, -0.1) is 0 Å². The molecule has 0 heterocycles. The number of nitrogens with one attached hydrogen (secondary N) is 3. The first-order valence-corrected chi connectivity index (χ1v) is 20.3. The minimum absolute atomic E-state index is 0.146. The Bertz CT molecular complexity index is 634. The fourth-order valence-corrected chi connectivity index (χ4v) is 6.03. The number of nitrogens with two attached hydrogens (primary N) is 1. The Morgan fingerprint density at radius 1 is 0.435 bits per heavy atom. The summed E-state index contributed by atoms with van der Waals surface area (Å²) in [6.45, 7) is 11.1. The summed E-state index contributed by atoms with van der Waals surface area (Å²) in [4.78, 5) is 27.1. The number of amides is 2. The lowest BCUT2D eigenvalue weighted by molar-refractivity contribution is -0.122. The van der Waals surface area contributed by atoms with Crippen molar-refractivity contribution in [3.63, 3.8) is 0 Å². The lowest BCUT2D eigenvalue weighted by Gasteiger charge is -2.22. The maximum Gasteiger partial charge on any atom is 0.221 e. The van der Waals surface area contributed by atoms with Gasteiger partial charge in [-0.1, -0.05) is 149 Å². The van der Waals surface area contributed by atoms with Gasteiger partial charge in [-0.25, -0.2) is 0 Å². The Morgan fingerprint density at radius 3 is 1.30 bits per heavy atom. The van der Waals surface area contributed by atoms with Gasteiger partial charge in [0.25, 0.3) is 0 Å². The summed E-state index contributed by atoms with van der Waals surface area (Å²) in [5.74, 6) is 0.314. The molecule has 46 heavy (non-hydrogen) atoms. The molecule has 2 amide bonds. The van der Waals surface area contributed by atoms with Crippen molar-refractivity contribution in [1.29, 1.82) is 0 Å². The summed E-state index contributed by atoms with van der Waals surface area (Å²) < 4.78 is 0. The van der Waals surface area contributed by atoms with Crippen molar-refractivity contribution in [1.82, 2.24) is 20.9 Å². The first kappa shape index (κ1) is 44.8. The van der Waals surface area contributed by atoms with Crippen molar-refractivity contribution < 1.29 is 9.59 Å². The molecule has 0 aromatic heterocycles. The van der Waals surface area contributed by atoms with E-state index in [-0.39, 0.29) is 11.8 Å². The van der Waals surface area contributed by atoms with Gasteiger partial charge < -0.3 is 26.6 Å². The van der Waals surface area contributed by atoms with Crippen LogP contribution in [0.1, 0.15) is 187 Å². The lowest BCUT2D eigenvalue weighted by atomic mass is 10.1. The van der Waals surface area contributed by atoms with Gasteiger partial charge in [0, 0.05) is 52.1 Å². The topological polar surface area (TPSA) is 99.5 Å². The molecule has 0 aliphatic carbocycles. The van der Waals surface area contributed by atoms with Crippen LogP contribution < -0.4 is 21.7 Å². The molecule has 0 bridgehead atoms. The summed E-state index contributed by atoms with van der Waals surface area (Å²) >= 11 is 0. The zero-order valence-corrected chi connectivity index (χ0v) is 31.1. The number of nitrogens with zero attached hydrogens (tertiary/aromatic N) is 1. The van der Waals surface area contributed by atoms with E-state index in [0.29, 0.717) is 19.4 Å². The van der Waals surface area contributed by atoms with E-state index in [9.17, 15) is 9.59 Å². The minimum atomic E-state index is 0.146. The van der Waals surface area contributed by atoms with Gasteiger partial charge in [0.1, 0.15) is 0 Å². The number of hydrogen-bond acceptors (Lipinski definition) is 5. The normalized spacial score (nSPS) is 11.4. The van der Waals surface area contributed by atoms with Gasteiger partial charge in [0.05, 0.1) is 0 Å². The van der Waals surface area contributed by atoms with Crippen molar-refractivity contribution in [3.8, 4) is 0 Å². The van der Waals surface area contributed by atoms with E-state index >= 15 is 0 Å². The van der Waals surface area contributed by atoms with E-state index in [1.807, 2.05) is 0 Å². The van der Waals surface area contributed by atoms with Crippen LogP contribution in [0.3, 0.4) is 0 Å². The predicted octanol–water partition coefficient (Wildman–Crippen LogP) is 8.64. The number of unbranched alkanes of at least 4 members (excludes halogenated alkanes) is 22. The van der Waals surface area contributed by atoms with Crippen molar-refractivity contribution >= 4 is 11.8 Å². The Labute approximate surface area is 287 Å². The fourth-order valence-electron chi connectivity index (χ4n) is 6.03. The first-order chi connectivity index (χ1) is 22.6. The fraction of sp³-hybridized carbons (Fsp3) is 0.949. The van der Waals surface area contributed by atoms with Gasteiger partial charge in [0.15, 0.2) is 0 Å². The summed E-state index contributed by atoms with van der Waals surface area (Å²) in [7, 11) is 0. The van der Waals surface area contributed by atoms with Crippen LogP contribution in [-0.4, -0.2) is 69.1 Å². The van der Waals surface area contributed by atoms with Crippen LogP contribution in [0.4, 0.5) is 0 Å². The van der Waals surface area contributed by atoms with Crippen LogP contribution in [0, 0.1) is 0 Å². The molecule has 0 aliphatic rings. The summed E-state index contributed by atoms with van der Waals surface area (Å²) in [6, 6.07) is 0. The monoisotopic (exact) mass is 652 g/mol. The Balaban J connectivity index is 3.83. The van der Waals surface area contributed by atoms with Crippen molar-refractivity contribution in [3.05, 3.63) is 0 Å². The number of carbonyl (C=O) groups excluding carboxylic acids is 2. The molecule has 0 aliphatic heterocycles. The second-order valence-electron chi connectivity index (χ2n) is 13.7. The third kappa shape index (κ3) is 35.7. The highest BCUT2D eigenvalue weighted by Gasteiger charge is 2.09. The molecular formula is C39H81N5O2. The van der Waals surface area contributed by atoms with Crippen molar-refractivity contribution in [2.45, 2.75) is 187 Å². The molecule has 7 nitrogen and oxygen atoms in total. The lowest BCUT2D eigenvalue weighted by Crippen LogP contribution is -2.37. The molecule has 0 spiro atoms. The van der Waals surface area contributed by atoms with Gasteiger partial charge >= 0.3 is 0 Å². The summed E-state index contributed by atoms with van der Waals surface area (Å²) in [5, 5.41) is 9.66. The predicted molar refractivity (Wildman–Crippen MR) is 200 cm³/mol. The molecule has 0 fully saturated rings. The molecule has 5 N–H and O–H groups in total. The second-order valence-corrected chi connectivity index (χ2v) is 13.7. The van der Waals surface area contributed by atoms with Gasteiger partial charge in [0.2, 0.25) is 11.8 Å². The molecule has 0 aromatic rings. The zero-order valence-electron chi connectivity index (χ0n) is 31.1. The van der Waals surface area contributed by atoms with Gasteiger partial charge in [-0.2, -0.15) is 0 Å². The molecule has 0 rings (SSSR count). The third-order valence-corrected chi connectivity index (χ3v) is 9.17. The SMILES string of the molecule is CCCCCCCCCCCCCNC(=O)CCNCCN(CCCCCN)CCC(=O)NCCCCCCCCCCCCC. The molecule has 0 unspecified atom stereocenters. The van der Waals surface area contributed by atoms with Crippen LogP contribution in [0.15, 0.2) is 0 Å². The third-order valence-electron chi connectivity index (χ3n) is 9.17. The molecular weight excluding hydrogens is 570 g/mol. The van der Waals surface area contributed by atoms with Crippen molar-refractivity contribution in [2.75, 3.05) is 52.4 Å². The molecule has 0 radical (unpaired) electrons. The highest BCUT2D eigenvalue weighted by molar-refractivity contribution is 5.76. The van der Waals surface area contributed by atoms with Crippen LogP contribution in [0.5, 0.6) is 0 Å². The number of hydrogen-bond donors (Lipinski definition) is 4. The van der Waals surface area contributed by atoms with E-state index in [1.54, 1.807) is 0 Å². The molecule has 7 heteroatoms. The minimum Gasteiger partial charge on any atom is -0.356 e.